The van der Waals surface area contributed by atoms with Crippen LogP contribution < -0.4 is 10.6 Å². The maximum atomic E-state index is 4.23. The van der Waals surface area contributed by atoms with Crippen molar-refractivity contribution in [3.63, 3.8) is 0 Å². The fraction of sp³-hybridized carbons (Fsp3) is 0.533. The molecule has 114 valence electrons. The average molecular weight is 407 g/mol. The summed E-state index contributed by atoms with van der Waals surface area (Å²) in [7, 11) is 1.81. The number of nitrogens with zero attached hydrogens (tertiary/aromatic N) is 1. The van der Waals surface area contributed by atoms with Crippen molar-refractivity contribution >= 4 is 41.3 Å². The van der Waals surface area contributed by atoms with Gasteiger partial charge >= 0.3 is 0 Å². The number of nitrogens with one attached hydrogen (secondary N) is 2. The molecule has 1 aromatic heterocycles. The van der Waals surface area contributed by atoms with Gasteiger partial charge in [0.05, 0.1) is 0 Å². The van der Waals surface area contributed by atoms with E-state index in [9.17, 15) is 0 Å². The molecule has 0 saturated heterocycles. The molecule has 0 aliphatic heterocycles. The predicted molar refractivity (Wildman–Crippen MR) is 101 cm³/mol. The molecular weight excluding hydrogens is 381 g/mol. The summed E-state index contributed by atoms with van der Waals surface area (Å²) in [4.78, 5) is 5.68. The zero-order valence-electron chi connectivity index (χ0n) is 12.6. The maximum absolute atomic E-state index is 4.23. The Hall–Kier alpha value is -0.560. The lowest BCUT2D eigenvalue weighted by Crippen LogP contribution is -2.40. The second kappa shape index (κ2) is 12.2. The number of hydrogen-bond acceptors (Lipinski definition) is 2. The Morgan fingerprint density at radius 2 is 2.25 bits per heavy atom. The second-order valence-corrected chi connectivity index (χ2v) is 5.66. The molecule has 1 aromatic rings. The molecule has 0 bridgehead atoms. The van der Waals surface area contributed by atoms with Crippen LogP contribution in [0.3, 0.4) is 0 Å². The molecule has 0 radical (unpaired) electrons. The molecule has 0 spiro atoms. The Morgan fingerprint density at radius 1 is 1.45 bits per heavy atom. The second-order valence-electron chi connectivity index (χ2n) is 4.63. The molecule has 0 amide bonds. The van der Waals surface area contributed by atoms with Gasteiger partial charge in [0, 0.05) is 25.0 Å². The molecule has 1 rings (SSSR count). The zero-order chi connectivity index (χ0) is 13.9. The summed E-state index contributed by atoms with van der Waals surface area (Å²) >= 11 is 1.83. The molecule has 0 aliphatic carbocycles. The Balaban J connectivity index is 0.00000361. The molecule has 1 unspecified atom stereocenters. The van der Waals surface area contributed by atoms with Crippen LogP contribution in [0.15, 0.2) is 34.7 Å². The molecule has 0 fully saturated rings. The lowest BCUT2D eigenvalue weighted by atomic mass is 10.1. The standard InChI is InChI=1S/C15H25N3S.HI/c1-4-5-6-9-17-15(16-3)18-12-13(2)11-14-8-7-10-19-14;/h4-5,7-8,10,13H,6,9,11-12H2,1-3H3,(H2,16,17,18);1H. The van der Waals surface area contributed by atoms with E-state index in [0.717, 1.165) is 31.9 Å². The smallest absolute Gasteiger partial charge is 0.190 e. The highest BCUT2D eigenvalue weighted by Crippen LogP contribution is 2.13. The van der Waals surface area contributed by atoms with Crippen molar-refractivity contribution in [1.29, 1.82) is 0 Å². The summed E-state index contributed by atoms with van der Waals surface area (Å²) in [5, 5.41) is 8.82. The Bertz CT molecular complexity index is 388. The minimum atomic E-state index is 0. The normalized spacial score (nSPS) is 13.1. The van der Waals surface area contributed by atoms with Gasteiger partial charge in [-0.1, -0.05) is 25.1 Å². The van der Waals surface area contributed by atoms with E-state index in [1.165, 1.54) is 4.88 Å². The van der Waals surface area contributed by atoms with Crippen LogP contribution in [0.4, 0.5) is 0 Å². The minimum Gasteiger partial charge on any atom is -0.356 e. The summed E-state index contributed by atoms with van der Waals surface area (Å²) in [5.74, 6) is 1.50. The van der Waals surface area contributed by atoms with Crippen LogP contribution in [0.1, 0.15) is 25.1 Å². The van der Waals surface area contributed by atoms with Crippen LogP contribution in [0.25, 0.3) is 0 Å². The van der Waals surface area contributed by atoms with E-state index in [-0.39, 0.29) is 24.0 Å². The van der Waals surface area contributed by atoms with Crippen molar-refractivity contribution in [2.45, 2.75) is 26.7 Å². The summed E-state index contributed by atoms with van der Waals surface area (Å²) in [6.45, 7) is 6.17. The lowest BCUT2D eigenvalue weighted by Gasteiger charge is -2.15. The van der Waals surface area contributed by atoms with Gasteiger partial charge in [-0.15, -0.1) is 35.3 Å². The summed E-state index contributed by atoms with van der Waals surface area (Å²) in [6, 6.07) is 4.31. The molecule has 1 atom stereocenters. The number of allylic oxidation sites excluding steroid dienone is 1. The predicted octanol–water partition coefficient (Wildman–Crippen LogP) is 3.68. The van der Waals surface area contributed by atoms with Gasteiger partial charge in [0.25, 0.3) is 0 Å². The fourth-order valence-corrected chi connectivity index (χ4v) is 2.65. The van der Waals surface area contributed by atoms with Crippen LogP contribution in [0, 0.1) is 5.92 Å². The third-order valence-corrected chi connectivity index (χ3v) is 3.71. The van der Waals surface area contributed by atoms with Gasteiger partial charge in [0.15, 0.2) is 5.96 Å². The Morgan fingerprint density at radius 3 is 2.85 bits per heavy atom. The van der Waals surface area contributed by atoms with Crippen molar-refractivity contribution < 1.29 is 0 Å². The van der Waals surface area contributed by atoms with E-state index < -0.39 is 0 Å². The number of rotatable bonds is 7. The molecule has 0 saturated carbocycles. The van der Waals surface area contributed by atoms with E-state index >= 15 is 0 Å². The van der Waals surface area contributed by atoms with E-state index in [1.54, 1.807) is 0 Å². The molecule has 2 N–H and O–H groups in total. The molecule has 1 heterocycles. The van der Waals surface area contributed by atoms with Gasteiger partial charge in [0.2, 0.25) is 0 Å². The van der Waals surface area contributed by atoms with Crippen LogP contribution in [0.5, 0.6) is 0 Å². The SMILES string of the molecule is CC=CCCNC(=NC)NCC(C)Cc1cccs1.I. The average Bonchev–Trinajstić information content (AvgIpc) is 2.91. The highest BCUT2D eigenvalue weighted by atomic mass is 127. The van der Waals surface area contributed by atoms with Gasteiger partial charge in [-0.2, -0.15) is 0 Å². The molecule has 5 heteroatoms. The first-order chi connectivity index (χ1) is 9.26. The fourth-order valence-electron chi connectivity index (χ4n) is 1.78. The van der Waals surface area contributed by atoms with Crippen molar-refractivity contribution in [2.24, 2.45) is 10.9 Å². The molecule has 20 heavy (non-hydrogen) atoms. The molecule has 3 nitrogen and oxygen atoms in total. The van der Waals surface area contributed by atoms with Gasteiger partial charge in [-0.3, -0.25) is 4.99 Å². The Kier molecular flexibility index (Phi) is 11.9. The number of guanidine groups is 1. The van der Waals surface area contributed by atoms with E-state index in [4.69, 9.17) is 0 Å². The molecule has 0 aromatic carbocycles. The van der Waals surface area contributed by atoms with Crippen molar-refractivity contribution in [1.82, 2.24) is 10.6 Å². The molecule has 0 aliphatic rings. The van der Waals surface area contributed by atoms with Crippen molar-refractivity contribution in [3.8, 4) is 0 Å². The Labute approximate surface area is 144 Å². The summed E-state index contributed by atoms with van der Waals surface area (Å²) < 4.78 is 0. The van der Waals surface area contributed by atoms with Gasteiger partial charge in [0.1, 0.15) is 0 Å². The third kappa shape index (κ3) is 8.58. The first-order valence-electron chi connectivity index (χ1n) is 6.84. The zero-order valence-corrected chi connectivity index (χ0v) is 15.7. The van der Waals surface area contributed by atoms with Crippen molar-refractivity contribution in [3.05, 3.63) is 34.5 Å². The first kappa shape index (κ1) is 19.4. The van der Waals surface area contributed by atoms with E-state index in [2.05, 4.69) is 52.2 Å². The number of aliphatic imine (C=N–C) groups is 1. The van der Waals surface area contributed by atoms with Gasteiger partial charge in [-0.05, 0) is 37.1 Å². The van der Waals surface area contributed by atoms with Crippen LogP contribution in [-0.2, 0) is 6.42 Å². The maximum Gasteiger partial charge on any atom is 0.190 e. The lowest BCUT2D eigenvalue weighted by molar-refractivity contribution is 0.562. The van der Waals surface area contributed by atoms with Crippen molar-refractivity contribution in [2.75, 3.05) is 20.1 Å². The number of hydrogen-bond donors (Lipinski definition) is 2. The third-order valence-electron chi connectivity index (χ3n) is 2.81. The largest absolute Gasteiger partial charge is 0.356 e. The highest BCUT2D eigenvalue weighted by molar-refractivity contribution is 14.0. The van der Waals surface area contributed by atoms with Crippen LogP contribution >= 0.6 is 35.3 Å². The number of halogens is 1. The van der Waals surface area contributed by atoms with Crippen LogP contribution in [0.2, 0.25) is 0 Å². The topological polar surface area (TPSA) is 36.4 Å². The molecular formula is C15H26IN3S. The number of thiophene rings is 1. The first-order valence-corrected chi connectivity index (χ1v) is 7.72. The quantitative estimate of drug-likeness (QED) is 0.238. The van der Waals surface area contributed by atoms with Gasteiger partial charge in [-0.25, -0.2) is 0 Å². The summed E-state index contributed by atoms with van der Waals surface area (Å²) in [6.07, 6.45) is 6.38. The van der Waals surface area contributed by atoms with E-state index in [1.807, 2.05) is 25.3 Å². The van der Waals surface area contributed by atoms with Crippen LogP contribution in [-0.4, -0.2) is 26.1 Å². The minimum absolute atomic E-state index is 0. The highest BCUT2D eigenvalue weighted by Gasteiger charge is 2.05. The summed E-state index contributed by atoms with van der Waals surface area (Å²) in [5.41, 5.74) is 0. The van der Waals surface area contributed by atoms with Gasteiger partial charge < -0.3 is 10.6 Å². The van der Waals surface area contributed by atoms with E-state index in [0.29, 0.717) is 5.92 Å². The monoisotopic (exact) mass is 407 g/mol.